The van der Waals surface area contributed by atoms with Gasteiger partial charge in [-0.05, 0) is 20.0 Å². The standard InChI is InChI=1S/C6H9.C3H9P.Au/c1-5-6(2,3)4;1-4(2)3;/h2-4H3;1-3H3;. The van der Waals surface area contributed by atoms with Crippen molar-refractivity contribution in [2.75, 3.05) is 20.0 Å². The first-order valence-electron chi connectivity index (χ1n) is 3.49. The van der Waals surface area contributed by atoms with Crippen LogP contribution in [0.15, 0.2) is 0 Å². The monoisotopic (exact) mass is 354 g/mol. The maximum absolute atomic E-state index is 3.01. The van der Waals surface area contributed by atoms with E-state index in [-0.39, 0.29) is 5.41 Å². The van der Waals surface area contributed by atoms with Crippen LogP contribution in [0.4, 0.5) is 0 Å². The topological polar surface area (TPSA) is 0 Å². The van der Waals surface area contributed by atoms with Crippen molar-refractivity contribution in [1.82, 2.24) is 0 Å². The van der Waals surface area contributed by atoms with E-state index in [1.54, 1.807) is 0 Å². The van der Waals surface area contributed by atoms with Gasteiger partial charge in [0.25, 0.3) is 0 Å². The predicted octanol–water partition coefficient (Wildman–Crippen LogP) is 2.90. The Kier molecular flexibility index (Phi) is 9.57. The summed E-state index contributed by atoms with van der Waals surface area (Å²) in [6.45, 7) is 13.0. The van der Waals surface area contributed by atoms with Gasteiger partial charge in [-0.3, -0.25) is 0 Å². The van der Waals surface area contributed by atoms with Crippen molar-refractivity contribution >= 4 is 7.92 Å². The van der Waals surface area contributed by atoms with E-state index in [2.05, 4.69) is 71.9 Å². The molecule has 2 heteroatoms. The molecule has 0 aromatic heterocycles. The Balaban J connectivity index is 0. The first-order chi connectivity index (χ1) is 4.79. The van der Waals surface area contributed by atoms with Gasteiger partial charge in [-0.15, -0.1) is 7.92 Å². The Hall–Kier alpha value is 0.730. The first kappa shape index (κ1) is 14.3. The summed E-state index contributed by atoms with van der Waals surface area (Å²) in [7, 11) is 0.380. The zero-order valence-corrected chi connectivity index (χ0v) is 11.3. The summed E-state index contributed by atoms with van der Waals surface area (Å²) in [5, 5.41) is 0. The van der Waals surface area contributed by atoms with Crippen molar-refractivity contribution in [3.63, 3.8) is 0 Å². The molecule has 0 atom stereocenters. The molecule has 11 heavy (non-hydrogen) atoms. The summed E-state index contributed by atoms with van der Waals surface area (Å²) in [5.74, 6) is 3.01. The third-order valence-electron chi connectivity index (χ3n) is 0.413. The normalized spacial score (nSPS) is 9.55. The molecule has 0 nitrogen and oxygen atoms in total. The molecule has 0 spiro atoms. The van der Waals surface area contributed by atoms with Crippen LogP contribution in [-0.4, -0.2) is 20.0 Å². The van der Waals surface area contributed by atoms with Crippen LogP contribution in [0, 0.1) is 15.5 Å². The van der Waals surface area contributed by atoms with Gasteiger partial charge in [-0.2, -0.15) is 0 Å². The molecule has 0 aliphatic heterocycles. The van der Waals surface area contributed by atoms with Crippen molar-refractivity contribution < 1.29 is 21.1 Å². The second-order valence-corrected chi connectivity index (χ2v) is 7.02. The van der Waals surface area contributed by atoms with Gasteiger partial charge in [0.1, 0.15) is 0 Å². The number of hydrogen-bond acceptors (Lipinski definition) is 0. The van der Waals surface area contributed by atoms with E-state index in [0.29, 0.717) is 7.92 Å². The first-order valence-corrected chi connectivity index (χ1v) is 7.26. The third kappa shape index (κ3) is 36.6. The van der Waals surface area contributed by atoms with Gasteiger partial charge in [0.15, 0.2) is 0 Å². The van der Waals surface area contributed by atoms with Crippen LogP contribution >= 0.6 is 7.92 Å². The maximum Gasteiger partial charge on any atom is -0.0449 e. The van der Waals surface area contributed by atoms with Crippen molar-refractivity contribution in [2.24, 2.45) is 5.41 Å². The van der Waals surface area contributed by atoms with Gasteiger partial charge in [-0.25, -0.2) is 0 Å². The zero-order chi connectivity index (χ0) is 9.49. The Morgan fingerprint density at radius 2 is 1.36 bits per heavy atom. The molecule has 0 radical (unpaired) electrons. The van der Waals surface area contributed by atoms with Gasteiger partial charge >= 0.3 is 57.3 Å². The molecule has 0 aromatic rings. The van der Waals surface area contributed by atoms with Gasteiger partial charge in [0, 0.05) is 0 Å². The molecular formula is C9H18AuP. The molecule has 70 valence electrons. The molecule has 0 N–H and O–H groups in total. The van der Waals surface area contributed by atoms with Crippen LogP contribution in [0.1, 0.15) is 20.8 Å². The summed E-state index contributed by atoms with van der Waals surface area (Å²) in [6.07, 6.45) is 0. The summed E-state index contributed by atoms with van der Waals surface area (Å²) in [5.41, 5.74) is 0.175. The van der Waals surface area contributed by atoms with E-state index < -0.39 is 0 Å². The Morgan fingerprint density at radius 1 is 1.09 bits per heavy atom. The minimum absolute atomic E-state index is 0.175. The van der Waals surface area contributed by atoms with Crippen LogP contribution in [0.5, 0.6) is 0 Å². The molecule has 0 aliphatic rings. The summed E-state index contributed by atoms with van der Waals surface area (Å²) >= 11 is 2.21. The summed E-state index contributed by atoms with van der Waals surface area (Å²) in [6, 6.07) is 0. The van der Waals surface area contributed by atoms with Crippen molar-refractivity contribution in [3.8, 4) is 10.1 Å². The molecular weight excluding hydrogens is 336 g/mol. The Labute approximate surface area is 85.2 Å². The quantitative estimate of drug-likeness (QED) is 0.357. The van der Waals surface area contributed by atoms with Gasteiger partial charge in [0.2, 0.25) is 0 Å². The molecule has 0 saturated heterocycles. The third-order valence-corrected chi connectivity index (χ3v) is 0.683. The predicted molar refractivity (Wildman–Crippen MR) is 51.9 cm³/mol. The van der Waals surface area contributed by atoms with Gasteiger partial charge in [-0.1, -0.05) is 0 Å². The Bertz CT molecular complexity index is 131. The van der Waals surface area contributed by atoms with Crippen LogP contribution < -0.4 is 0 Å². The zero-order valence-electron chi connectivity index (χ0n) is 8.25. The van der Waals surface area contributed by atoms with Crippen LogP contribution in [0.25, 0.3) is 0 Å². The molecule has 0 rings (SSSR count). The average Bonchev–Trinajstić information content (AvgIpc) is 1.58. The number of rotatable bonds is 0. The van der Waals surface area contributed by atoms with Crippen molar-refractivity contribution in [2.45, 2.75) is 20.8 Å². The van der Waals surface area contributed by atoms with Gasteiger partial charge in [0.05, 0.1) is 0 Å². The fraction of sp³-hybridized carbons (Fsp3) is 0.778. The SMILES string of the molecule is CC(C)(C)C#[C][Au].CP(C)C. The van der Waals surface area contributed by atoms with E-state index in [1.165, 1.54) is 0 Å². The summed E-state index contributed by atoms with van der Waals surface area (Å²) < 4.78 is 2.80. The van der Waals surface area contributed by atoms with Crippen LogP contribution in [-0.2, 0) is 21.1 Å². The minimum atomic E-state index is 0.175. The molecule has 0 heterocycles. The second kappa shape index (κ2) is 7.38. The fourth-order valence-corrected chi connectivity index (χ4v) is 0.925. The molecule has 0 unspecified atom stereocenters. The molecule has 0 fully saturated rings. The second-order valence-electron chi connectivity index (χ2n) is 3.79. The van der Waals surface area contributed by atoms with Crippen molar-refractivity contribution in [1.29, 1.82) is 0 Å². The van der Waals surface area contributed by atoms with E-state index in [9.17, 15) is 0 Å². The van der Waals surface area contributed by atoms with E-state index in [4.69, 9.17) is 0 Å². The number of hydrogen-bond donors (Lipinski definition) is 0. The van der Waals surface area contributed by atoms with Crippen molar-refractivity contribution in [3.05, 3.63) is 0 Å². The van der Waals surface area contributed by atoms with Crippen LogP contribution in [0.3, 0.4) is 0 Å². The van der Waals surface area contributed by atoms with Crippen LogP contribution in [0.2, 0.25) is 0 Å². The fourth-order valence-electron chi connectivity index (χ4n) is 0.113. The summed E-state index contributed by atoms with van der Waals surface area (Å²) in [4.78, 5) is 0. The van der Waals surface area contributed by atoms with E-state index in [0.717, 1.165) is 0 Å². The Morgan fingerprint density at radius 3 is 1.36 bits per heavy atom. The minimum Gasteiger partial charge on any atom is -0.116 e. The average molecular weight is 354 g/mol. The largest absolute Gasteiger partial charge is 0.116 e. The molecule has 0 amide bonds. The molecule has 0 aliphatic carbocycles. The van der Waals surface area contributed by atoms with Gasteiger partial charge < -0.3 is 0 Å². The molecule has 0 bridgehead atoms. The molecule has 0 saturated carbocycles. The van der Waals surface area contributed by atoms with E-state index in [1.807, 2.05) is 0 Å². The smallest absolute Gasteiger partial charge is 0.0449 e. The van der Waals surface area contributed by atoms with E-state index >= 15 is 0 Å². The maximum atomic E-state index is 3.01. The molecule has 0 aromatic carbocycles.